The fourth-order valence-electron chi connectivity index (χ4n) is 4.37. The van der Waals surface area contributed by atoms with Gasteiger partial charge in [-0.3, -0.25) is 14.5 Å². The number of nitrogens with zero attached hydrogens (tertiary/aromatic N) is 4. The van der Waals surface area contributed by atoms with E-state index in [0.717, 1.165) is 17.9 Å². The molecule has 152 valence electrons. The first-order chi connectivity index (χ1) is 13.5. The van der Waals surface area contributed by atoms with Crippen LogP contribution in [0.1, 0.15) is 49.5 Å². The zero-order valence-corrected chi connectivity index (χ0v) is 17.3. The van der Waals surface area contributed by atoms with Crippen LogP contribution in [0.25, 0.3) is 0 Å². The molecule has 1 atom stereocenters. The highest BCUT2D eigenvalue weighted by Gasteiger charge is 2.30. The van der Waals surface area contributed by atoms with Crippen LogP contribution in [-0.2, 0) is 11.3 Å². The summed E-state index contributed by atoms with van der Waals surface area (Å²) >= 11 is 0. The lowest BCUT2D eigenvalue weighted by molar-refractivity contribution is -0.121. The first kappa shape index (κ1) is 20.5. The van der Waals surface area contributed by atoms with Crippen LogP contribution in [0, 0.1) is 18.8 Å². The Labute approximate surface area is 168 Å². The van der Waals surface area contributed by atoms with Gasteiger partial charge in [0.05, 0.1) is 11.7 Å². The molecule has 0 bridgehead atoms. The Balaban J connectivity index is 1.42. The lowest BCUT2D eigenvalue weighted by Gasteiger charge is -2.37. The molecule has 28 heavy (non-hydrogen) atoms. The largest absolute Gasteiger partial charge is 0.356 e. The van der Waals surface area contributed by atoms with Crippen molar-refractivity contribution in [2.45, 2.75) is 51.6 Å². The van der Waals surface area contributed by atoms with Crippen LogP contribution >= 0.6 is 0 Å². The fourth-order valence-corrected chi connectivity index (χ4v) is 4.37. The van der Waals surface area contributed by atoms with Crippen LogP contribution in [-0.4, -0.2) is 46.2 Å². The van der Waals surface area contributed by atoms with Gasteiger partial charge in [0.15, 0.2) is 0 Å². The molecule has 0 aliphatic heterocycles. The maximum absolute atomic E-state index is 12.2. The Morgan fingerprint density at radius 2 is 2.00 bits per heavy atom. The minimum atomic E-state index is 0.122. The molecule has 2 aromatic heterocycles. The number of nitrogens with one attached hydrogen (secondary N) is 1. The number of aryl methyl sites for hydroxylation is 2. The van der Waals surface area contributed by atoms with E-state index in [1.165, 1.54) is 25.7 Å². The summed E-state index contributed by atoms with van der Waals surface area (Å²) in [6, 6.07) is 8.52. The molecule has 1 fully saturated rings. The molecule has 1 aliphatic rings. The maximum atomic E-state index is 12.2. The van der Waals surface area contributed by atoms with Crippen molar-refractivity contribution < 1.29 is 4.79 Å². The van der Waals surface area contributed by atoms with Gasteiger partial charge in [0.1, 0.15) is 0 Å². The monoisotopic (exact) mass is 383 g/mol. The van der Waals surface area contributed by atoms with E-state index in [0.29, 0.717) is 30.8 Å². The molecule has 0 aromatic carbocycles. The molecule has 2 aromatic rings. The summed E-state index contributed by atoms with van der Waals surface area (Å²) in [6.45, 7) is 3.45. The van der Waals surface area contributed by atoms with E-state index < -0.39 is 0 Å². The van der Waals surface area contributed by atoms with E-state index in [4.69, 9.17) is 0 Å². The van der Waals surface area contributed by atoms with Crippen molar-refractivity contribution in [1.29, 1.82) is 0 Å². The van der Waals surface area contributed by atoms with Gasteiger partial charge in [-0.1, -0.05) is 6.07 Å². The van der Waals surface area contributed by atoms with Crippen LogP contribution in [0.2, 0.25) is 0 Å². The molecule has 0 radical (unpaired) electrons. The second-order valence-electron chi connectivity index (χ2n) is 8.19. The summed E-state index contributed by atoms with van der Waals surface area (Å²) < 4.78 is 1.88. The van der Waals surface area contributed by atoms with Crippen molar-refractivity contribution in [3.05, 3.63) is 48.0 Å². The normalized spacial score (nSPS) is 20.9. The summed E-state index contributed by atoms with van der Waals surface area (Å²) in [5, 5.41) is 7.36. The quantitative estimate of drug-likeness (QED) is 0.760. The Morgan fingerprint density at radius 3 is 2.61 bits per heavy atom. The molecule has 6 heteroatoms. The molecule has 1 N–H and O–H groups in total. The molecule has 6 nitrogen and oxygen atoms in total. The highest BCUT2D eigenvalue weighted by molar-refractivity contribution is 5.75. The van der Waals surface area contributed by atoms with E-state index in [1.807, 2.05) is 29.9 Å². The highest BCUT2D eigenvalue weighted by Crippen LogP contribution is 2.38. The molecular formula is C22H33N5O. The van der Waals surface area contributed by atoms with Gasteiger partial charge in [0, 0.05) is 37.6 Å². The van der Waals surface area contributed by atoms with Crippen molar-refractivity contribution in [2.24, 2.45) is 11.8 Å². The molecule has 3 rings (SSSR count). The summed E-state index contributed by atoms with van der Waals surface area (Å²) in [5.74, 6) is 1.33. The molecule has 2 heterocycles. The summed E-state index contributed by atoms with van der Waals surface area (Å²) in [5.41, 5.74) is 2.26. The topological polar surface area (TPSA) is 63.1 Å². The SMILES string of the molecule is Cc1ccnn1CCC(=O)NCC1CCC(C(c2ccccn2)N(C)C)CC1. The molecule has 0 spiro atoms. The number of amides is 1. The lowest BCUT2D eigenvalue weighted by Crippen LogP contribution is -2.35. The van der Waals surface area contributed by atoms with E-state index in [-0.39, 0.29) is 5.91 Å². The lowest BCUT2D eigenvalue weighted by atomic mass is 9.77. The third kappa shape index (κ3) is 5.41. The maximum Gasteiger partial charge on any atom is 0.221 e. The molecule has 1 unspecified atom stereocenters. The Bertz CT molecular complexity index is 734. The summed E-state index contributed by atoms with van der Waals surface area (Å²) in [7, 11) is 4.29. The minimum absolute atomic E-state index is 0.122. The Morgan fingerprint density at radius 1 is 1.21 bits per heavy atom. The number of hydrogen-bond donors (Lipinski definition) is 1. The third-order valence-electron chi connectivity index (χ3n) is 5.95. The standard InChI is InChI=1S/C22H33N5O/c1-17-11-14-25-27(17)15-12-21(28)24-16-18-7-9-19(10-8-18)22(26(2)3)20-6-4-5-13-23-20/h4-6,11,13-14,18-19,22H,7-10,12,15-16H2,1-3H3,(H,24,28). The molecule has 0 saturated heterocycles. The van der Waals surface area contributed by atoms with E-state index in [1.54, 1.807) is 6.20 Å². The highest BCUT2D eigenvalue weighted by atomic mass is 16.1. The van der Waals surface area contributed by atoms with Crippen LogP contribution in [0.3, 0.4) is 0 Å². The zero-order valence-electron chi connectivity index (χ0n) is 17.3. The average molecular weight is 384 g/mol. The summed E-state index contributed by atoms with van der Waals surface area (Å²) in [6.07, 6.45) is 8.86. The Hall–Kier alpha value is -2.21. The molecule has 1 amide bonds. The number of aromatic nitrogens is 3. The van der Waals surface area contributed by atoms with Crippen molar-refractivity contribution in [3.63, 3.8) is 0 Å². The van der Waals surface area contributed by atoms with Gasteiger partial charge in [0.2, 0.25) is 5.91 Å². The van der Waals surface area contributed by atoms with Gasteiger partial charge < -0.3 is 10.2 Å². The van der Waals surface area contributed by atoms with Crippen molar-refractivity contribution >= 4 is 5.91 Å². The third-order valence-corrected chi connectivity index (χ3v) is 5.95. The smallest absolute Gasteiger partial charge is 0.221 e. The van der Waals surface area contributed by atoms with E-state index in [9.17, 15) is 4.79 Å². The molecule has 1 saturated carbocycles. The number of carbonyl (C=O) groups excluding carboxylic acids is 1. The van der Waals surface area contributed by atoms with Gasteiger partial charge in [-0.15, -0.1) is 0 Å². The van der Waals surface area contributed by atoms with Gasteiger partial charge >= 0.3 is 0 Å². The van der Waals surface area contributed by atoms with Crippen molar-refractivity contribution in [1.82, 2.24) is 25.0 Å². The number of pyridine rings is 1. The second-order valence-corrected chi connectivity index (χ2v) is 8.19. The zero-order chi connectivity index (χ0) is 19.9. The summed E-state index contributed by atoms with van der Waals surface area (Å²) in [4.78, 5) is 19.1. The Kier molecular flexibility index (Phi) is 7.20. The van der Waals surface area contributed by atoms with Gasteiger partial charge in [-0.2, -0.15) is 5.10 Å². The van der Waals surface area contributed by atoms with Crippen LogP contribution in [0.5, 0.6) is 0 Å². The number of carbonyl (C=O) groups is 1. The predicted octanol–water partition coefficient (Wildman–Crippen LogP) is 3.20. The number of hydrogen-bond acceptors (Lipinski definition) is 4. The van der Waals surface area contributed by atoms with Gasteiger partial charge in [-0.05, 0) is 76.7 Å². The van der Waals surface area contributed by atoms with Crippen molar-refractivity contribution in [3.8, 4) is 0 Å². The molecule has 1 aliphatic carbocycles. The van der Waals surface area contributed by atoms with E-state index >= 15 is 0 Å². The minimum Gasteiger partial charge on any atom is -0.356 e. The van der Waals surface area contributed by atoms with Crippen LogP contribution < -0.4 is 5.32 Å². The number of rotatable bonds is 8. The first-order valence-corrected chi connectivity index (χ1v) is 10.4. The second kappa shape index (κ2) is 9.82. The van der Waals surface area contributed by atoms with Crippen LogP contribution in [0.4, 0.5) is 0 Å². The fraction of sp³-hybridized carbons (Fsp3) is 0.591. The van der Waals surface area contributed by atoms with Gasteiger partial charge in [0.25, 0.3) is 0 Å². The van der Waals surface area contributed by atoms with E-state index in [2.05, 4.69) is 46.5 Å². The van der Waals surface area contributed by atoms with Crippen molar-refractivity contribution in [2.75, 3.05) is 20.6 Å². The first-order valence-electron chi connectivity index (χ1n) is 10.4. The van der Waals surface area contributed by atoms with Gasteiger partial charge in [-0.25, -0.2) is 0 Å². The predicted molar refractivity (Wildman–Crippen MR) is 111 cm³/mol. The van der Waals surface area contributed by atoms with Crippen LogP contribution in [0.15, 0.2) is 36.7 Å². The molecular weight excluding hydrogens is 350 g/mol. The average Bonchev–Trinajstić information content (AvgIpc) is 3.11.